The van der Waals surface area contributed by atoms with E-state index in [1.165, 1.54) is 127 Å². The average molecular weight is 576 g/mol. The number of carbonyl (C=O) groups excluding carboxylic acids is 1. The summed E-state index contributed by atoms with van der Waals surface area (Å²) in [5.74, 6) is 0.606. The van der Waals surface area contributed by atoms with Crippen LogP contribution in [-0.4, -0.2) is 19.5 Å². The minimum absolute atomic E-state index is 0.0428. The first-order valence-electron chi connectivity index (χ1n) is 15.8. The van der Waals surface area contributed by atoms with Gasteiger partial charge < -0.3 is 9.84 Å². The van der Waals surface area contributed by atoms with Gasteiger partial charge in [0.1, 0.15) is 5.76 Å². The molecule has 0 saturated heterocycles. The Morgan fingerprint density at radius 2 is 1.18 bits per heavy atom. The average Bonchev–Trinajstić information content (AvgIpc) is 3.33. The highest BCUT2D eigenvalue weighted by Gasteiger charge is 2.16. The maximum absolute atomic E-state index is 12.5. The lowest BCUT2D eigenvalue weighted by Crippen LogP contribution is -2.14. The number of nitrogens with one attached hydrogen (secondary N) is 2. The van der Waals surface area contributed by atoms with Crippen LogP contribution < -0.4 is 10.0 Å². The zero-order valence-corrected chi connectivity index (χ0v) is 25.8. The van der Waals surface area contributed by atoms with Gasteiger partial charge >= 0.3 is 0 Å². The van der Waals surface area contributed by atoms with Gasteiger partial charge in [0.15, 0.2) is 5.82 Å². The van der Waals surface area contributed by atoms with Crippen LogP contribution in [0.2, 0.25) is 0 Å². The molecule has 0 aliphatic carbocycles. The Labute approximate surface area is 243 Å². The van der Waals surface area contributed by atoms with E-state index in [1.807, 2.05) is 0 Å². The zero-order valence-electron chi connectivity index (χ0n) is 25.0. The van der Waals surface area contributed by atoms with Crippen molar-refractivity contribution in [3.05, 3.63) is 36.1 Å². The van der Waals surface area contributed by atoms with Crippen molar-refractivity contribution in [1.82, 2.24) is 5.16 Å². The number of aryl methyl sites for hydroxylation is 1. The van der Waals surface area contributed by atoms with E-state index >= 15 is 0 Å². The Morgan fingerprint density at radius 1 is 0.725 bits per heavy atom. The third-order valence-electron chi connectivity index (χ3n) is 7.32. The van der Waals surface area contributed by atoms with Crippen molar-refractivity contribution in [3.8, 4) is 0 Å². The lowest BCUT2D eigenvalue weighted by molar-refractivity contribution is -0.116. The number of sulfonamides is 1. The van der Waals surface area contributed by atoms with Gasteiger partial charge in [0.05, 0.1) is 4.90 Å². The summed E-state index contributed by atoms with van der Waals surface area (Å²) in [5.41, 5.74) is 0.582. The van der Waals surface area contributed by atoms with E-state index in [2.05, 4.69) is 22.1 Å². The van der Waals surface area contributed by atoms with Gasteiger partial charge in [-0.1, -0.05) is 128 Å². The maximum atomic E-state index is 12.5. The van der Waals surface area contributed by atoms with Crippen LogP contribution in [0.5, 0.6) is 0 Å². The summed E-state index contributed by atoms with van der Waals surface area (Å²) in [5, 5.41) is 6.50. The van der Waals surface area contributed by atoms with Crippen molar-refractivity contribution in [3.63, 3.8) is 0 Å². The molecule has 1 aromatic heterocycles. The molecular weight excluding hydrogens is 522 g/mol. The van der Waals surface area contributed by atoms with Crippen LogP contribution in [0.25, 0.3) is 0 Å². The Bertz CT molecular complexity index is 1030. The largest absolute Gasteiger partial charge is 0.360 e. The number of amides is 1. The third kappa shape index (κ3) is 15.4. The first kappa shape index (κ1) is 33.9. The van der Waals surface area contributed by atoms with E-state index in [4.69, 9.17) is 4.52 Å². The number of benzene rings is 1. The van der Waals surface area contributed by atoms with Crippen LogP contribution in [0.1, 0.15) is 141 Å². The van der Waals surface area contributed by atoms with Gasteiger partial charge in [-0.3, -0.25) is 9.52 Å². The van der Waals surface area contributed by atoms with Gasteiger partial charge in [-0.05, 0) is 37.6 Å². The molecule has 40 heavy (non-hydrogen) atoms. The van der Waals surface area contributed by atoms with Crippen molar-refractivity contribution < 1.29 is 17.7 Å². The fourth-order valence-electron chi connectivity index (χ4n) is 4.92. The molecule has 1 aromatic carbocycles. The minimum atomic E-state index is -3.77. The summed E-state index contributed by atoms with van der Waals surface area (Å²) in [7, 11) is -3.77. The smallest absolute Gasteiger partial charge is 0.263 e. The number of hydrogen-bond donors (Lipinski definition) is 2. The molecule has 0 radical (unpaired) electrons. The molecule has 226 valence electrons. The highest BCUT2D eigenvalue weighted by Crippen LogP contribution is 2.19. The number of aromatic nitrogens is 1. The van der Waals surface area contributed by atoms with E-state index in [1.54, 1.807) is 19.1 Å². The fourth-order valence-corrected chi connectivity index (χ4v) is 5.90. The number of anilines is 2. The number of hydrogen-bond acceptors (Lipinski definition) is 5. The molecule has 0 bridgehead atoms. The van der Waals surface area contributed by atoms with Gasteiger partial charge in [0, 0.05) is 18.2 Å². The number of carbonyl (C=O) groups is 1. The Kier molecular flexibility index (Phi) is 17.4. The Hall–Kier alpha value is -2.35. The maximum Gasteiger partial charge on any atom is 0.263 e. The van der Waals surface area contributed by atoms with Crippen LogP contribution >= 0.6 is 0 Å². The standard InChI is InChI=1S/C32H53N3O4S/c1-3-4-5-6-7-8-9-10-11-12-13-14-15-16-17-18-19-20-21-22-32(36)33-29-23-25-30(26-24-29)40(37,38)35-31-27-28(2)39-34-31/h23-27H,3-22H2,1-2H3,(H,33,36)(H,34,35). The van der Waals surface area contributed by atoms with Gasteiger partial charge in [-0.15, -0.1) is 0 Å². The highest BCUT2D eigenvalue weighted by atomic mass is 32.2. The van der Waals surface area contributed by atoms with Crippen LogP contribution in [0.4, 0.5) is 11.5 Å². The number of rotatable bonds is 24. The second-order valence-electron chi connectivity index (χ2n) is 11.1. The van der Waals surface area contributed by atoms with Crippen LogP contribution in [0.15, 0.2) is 39.8 Å². The molecule has 0 spiro atoms. The van der Waals surface area contributed by atoms with Crippen molar-refractivity contribution in [2.45, 2.75) is 147 Å². The molecule has 7 nitrogen and oxygen atoms in total. The van der Waals surface area contributed by atoms with E-state index in [0.29, 0.717) is 17.9 Å². The predicted molar refractivity (Wildman–Crippen MR) is 165 cm³/mol. The predicted octanol–water partition coefficient (Wildman–Crippen LogP) is 9.54. The summed E-state index contributed by atoms with van der Waals surface area (Å²) in [4.78, 5) is 12.3. The van der Waals surface area contributed by atoms with Gasteiger partial charge in [0.2, 0.25) is 5.91 Å². The van der Waals surface area contributed by atoms with Crippen molar-refractivity contribution >= 4 is 27.4 Å². The summed E-state index contributed by atoms with van der Waals surface area (Å²) in [6.45, 7) is 3.96. The molecule has 0 unspecified atom stereocenters. The SMILES string of the molecule is CCCCCCCCCCCCCCCCCCCCCC(=O)Nc1ccc(S(=O)(=O)Nc2cc(C)on2)cc1. The summed E-state index contributed by atoms with van der Waals surface area (Å²) < 4.78 is 32.2. The molecule has 1 heterocycles. The quantitative estimate of drug-likeness (QED) is 0.121. The van der Waals surface area contributed by atoms with E-state index in [-0.39, 0.29) is 16.6 Å². The van der Waals surface area contributed by atoms with Crippen molar-refractivity contribution in [1.29, 1.82) is 0 Å². The van der Waals surface area contributed by atoms with Crippen LogP contribution in [0.3, 0.4) is 0 Å². The first-order valence-corrected chi connectivity index (χ1v) is 17.2. The summed E-state index contributed by atoms with van der Waals surface area (Å²) in [6.07, 6.45) is 25.7. The van der Waals surface area contributed by atoms with E-state index in [0.717, 1.165) is 12.8 Å². The van der Waals surface area contributed by atoms with E-state index < -0.39 is 10.0 Å². The lowest BCUT2D eigenvalue weighted by atomic mass is 10.0. The molecule has 2 aromatic rings. The first-order chi connectivity index (χ1) is 19.4. The molecule has 8 heteroatoms. The molecule has 0 aliphatic heterocycles. The molecule has 2 rings (SSSR count). The van der Waals surface area contributed by atoms with Crippen molar-refractivity contribution in [2.75, 3.05) is 10.0 Å². The zero-order chi connectivity index (χ0) is 28.9. The van der Waals surface area contributed by atoms with Crippen LogP contribution in [0, 0.1) is 6.92 Å². The second kappa shape index (κ2) is 20.5. The van der Waals surface area contributed by atoms with Crippen molar-refractivity contribution in [2.24, 2.45) is 0 Å². The van der Waals surface area contributed by atoms with Gasteiger partial charge in [0.25, 0.3) is 10.0 Å². The molecule has 0 fully saturated rings. The second-order valence-corrected chi connectivity index (χ2v) is 12.8. The number of unbranched alkanes of at least 4 members (excludes halogenated alkanes) is 18. The molecule has 2 N–H and O–H groups in total. The Morgan fingerprint density at radius 3 is 1.60 bits per heavy atom. The molecule has 0 aliphatic rings. The number of nitrogens with zero attached hydrogens (tertiary/aromatic N) is 1. The summed E-state index contributed by atoms with van der Waals surface area (Å²) >= 11 is 0. The van der Waals surface area contributed by atoms with Gasteiger partial charge in [-0.25, -0.2) is 8.42 Å². The molecule has 1 amide bonds. The molecule has 0 atom stereocenters. The fraction of sp³-hybridized carbons (Fsp3) is 0.688. The molecular formula is C32H53N3O4S. The highest BCUT2D eigenvalue weighted by molar-refractivity contribution is 7.92. The summed E-state index contributed by atoms with van der Waals surface area (Å²) in [6, 6.07) is 7.62. The van der Waals surface area contributed by atoms with Gasteiger partial charge in [-0.2, -0.15) is 0 Å². The van der Waals surface area contributed by atoms with Crippen LogP contribution in [-0.2, 0) is 14.8 Å². The molecule has 0 saturated carbocycles. The monoisotopic (exact) mass is 575 g/mol. The third-order valence-corrected chi connectivity index (χ3v) is 8.69. The van der Waals surface area contributed by atoms with E-state index in [9.17, 15) is 13.2 Å². The lowest BCUT2D eigenvalue weighted by Gasteiger charge is -2.08. The Balaban J connectivity index is 1.41. The minimum Gasteiger partial charge on any atom is -0.360 e. The topological polar surface area (TPSA) is 101 Å². The normalized spacial score (nSPS) is 11.6.